The van der Waals surface area contributed by atoms with Crippen LogP contribution in [0.15, 0.2) is 42.5 Å². The topological polar surface area (TPSA) is 103 Å². The molecule has 2 aliphatic rings. The molecule has 1 amide bonds. The summed E-state index contributed by atoms with van der Waals surface area (Å²) in [5, 5.41) is 0.717. The first-order valence-electron chi connectivity index (χ1n) is 12.0. The summed E-state index contributed by atoms with van der Waals surface area (Å²) in [6.07, 6.45) is 3.80. The number of rotatable bonds is 5. The van der Waals surface area contributed by atoms with Gasteiger partial charge in [-0.25, -0.2) is 9.78 Å². The van der Waals surface area contributed by atoms with Crippen LogP contribution in [0.3, 0.4) is 0 Å². The third kappa shape index (κ3) is 4.93. The van der Waals surface area contributed by atoms with Crippen molar-refractivity contribution in [2.45, 2.75) is 44.4 Å². The first kappa shape index (κ1) is 25.6. The van der Waals surface area contributed by atoms with Gasteiger partial charge in [-0.3, -0.25) is 0 Å². The molecule has 2 aromatic carbocycles. The highest BCUT2D eigenvalue weighted by Gasteiger charge is 2.42. The van der Waals surface area contributed by atoms with Gasteiger partial charge in [-0.05, 0) is 24.5 Å². The second-order valence-corrected chi connectivity index (χ2v) is 8.98. The van der Waals surface area contributed by atoms with Crippen LogP contribution in [-0.4, -0.2) is 60.4 Å². The molecule has 1 aromatic heterocycles. The highest BCUT2D eigenvalue weighted by molar-refractivity contribution is 5.91. The summed E-state index contributed by atoms with van der Waals surface area (Å²) in [4.78, 5) is 26.6. The molecule has 9 nitrogen and oxygen atoms in total. The van der Waals surface area contributed by atoms with Gasteiger partial charge in [0.05, 0.1) is 31.8 Å². The molecule has 192 valence electrons. The first-order valence-corrected chi connectivity index (χ1v) is 12.0. The van der Waals surface area contributed by atoms with Crippen LogP contribution in [0.25, 0.3) is 10.9 Å². The zero-order chi connectivity index (χ0) is 24.4. The van der Waals surface area contributed by atoms with E-state index in [1.54, 1.807) is 20.3 Å². The molecule has 1 saturated carbocycles. The summed E-state index contributed by atoms with van der Waals surface area (Å²) in [6.45, 7) is 1.43. The van der Waals surface area contributed by atoms with E-state index in [1.165, 1.54) is 0 Å². The Kier molecular flexibility index (Phi) is 7.88. The Morgan fingerprint density at radius 3 is 2.42 bits per heavy atom. The number of benzene rings is 2. The molecule has 2 fully saturated rings. The van der Waals surface area contributed by atoms with E-state index in [9.17, 15) is 4.79 Å². The number of halogens is 1. The third-order valence-electron chi connectivity index (χ3n) is 6.99. The third-order valence-corrected chi connectivity index (χ3v) is 6.99. The molecule has 0 radical (unpaired) electrons. The van der Waals surface area contributed by atoms with Gasteiger partial charge < -0.3 is 29.7 Å². The van der Waals surface area contributed by atoms with E-state index in [4.69, 9.17) is 24.9 Å². The molecule has 1 saturated heterocycles. The van der Waals surface area contributed by atoms with Crippen molar-refractivity contribution >= 4 is 41.2 Å². The monoisotopic (exact) mass is 513 g/mol. The number of methoxy groups -OCH3 is 2. The number of carbonyl (C=O) groups excluding carboxylic acids is 1. The minimum atomic E-state index is -0.263. The summed E-state index contributed by atoms with van der Waals surface area (Å²) in [6, 6.07) is 13.5. The molecule has 1 aliphatic heterocycles. The maximum absolute atomic E-state index is 13.0. The molecular weight excluding hydrogens is 482 g/mol. The van der Waals surface area contributed by atoms with Crippen LogP contribution < -0.4 is 20.1 Å². The van der Waals surface area contributed by atoms with E-state index in [0.29, 0.717) is 41.9 Å². The molecule has 5 rings (SSSR count). The maximum atomic E-state index is 13.0. The molecule has 2 N–H and O–H groups in total. The van der Waals surface area contributed by atoms with Gasteiger partial charge in [0.25, 0.3) is 0 Å². The lowest BCUT2D eigenvalue weighted by atomic mass is 9.86. The van der Waals surface area contributed by atoms with Crippen LogP contribution in [0.2, 0.25) is 0 Å². The lowest BCUT2D eigenvalue weighted by molar-refractivity contribution is 0.0556. The number of hydrogen-bond acceptors (Lipinski definition) is 8. The largest absolute Gasteiger partial charge is 0.493 e. The molecule has 0 bridgehead atoms. The SMILES string of the molecule is COc1cc2nc(N3CCN(C(=O)OCc4ccccc4)[C@H]4CCCC[C@H]43)nc(N)c2cc1OC.Cl. The average Bonchev–Trinajstić information content (AvgIpc) is 2.90. The zero-order valence-electron chi connectivity index (χ0n) is 20.6. The second-order valence-electron chi connectivity index (χ2n) is 8.98. The molecule has 1 aliphatic carbocycles. The fourth-order valence-electron chi connectivity index (χ4n) is 5.24. The quantitative estimate of drug-likeness (QED) is 0.534. The molecule has 0 spiro atoms. The number of fused-ring (bicyclic) bond motifs is 2. The van der Waals surface area contributed by atoms with E-state index < -0.39 is 0 Å². The van der Waals surface area contributed by atoms with Gasteiger partial charge in [-0.15, -0.1) is 12.4 Å². The second kappa shape index (κ2) is 11.1. The van der Waals surface area contributed by atoms with E-state index in [1.807, 2.05) is 41.3 Å². The number of aromatic nitrogens is 2. The van der Waals surface area contributed by atoms with Gasteiger partial charge in [0.2, 0.25) is 5.95 Å². The smallest absolute Gasteiger partial charge is 0.410 e. The molecule has 2 atom stereocenters. The van der Waals surface area contributed by atoms with Gasteiger partial charge in [0.15, 0.2) is 11.5 Å². The fraction of sp³-hybridized carbons (Fsp3) is 0.423. The standard InChI is InChI=1S/C26H31N5O4.ClH/c1-33-22-14-18-19(15-23(22)34-2)28-25(29-24(18)27)30-12-13-31(21-11-7-6-10-20(21)30)26(32)35-16-17-8-4-3-5-9-17;/h3-5,8-9,14-15,20-21H,6-7,10-13,16H2,1-2H3,(H2,27,28,29);1H/t20-,21+;/m1./s1. The summed E-state index contributed by atoms with van der Waals surface area (Å²) in [7, 11) is 3.18. The Labute approximate surface area is 216 Å². The van der Waals surface area contributed by atoms with Crippen LogP contribution in [-0.2, 0) is 11.3 Å². The predicted octanol–water partition coefficient (Wildman–Crippen LogP) is 4.42. The Balaban J connectivity index is 0.00000304. The maximum Gasteiger partial charge on any atom is 0.410 e. The van der Waals surface area contributed by atoms with Crippen LogP contribution in [0.4, 0.5) is 16.6 Å². The first-order chi connectivity index (χ1) is 17.1. The van der Waals surface area contributed by atoms with Crippen molar-refractivity contribution in [3.63, 3.8) is 0 Å². The number of piperazine rings is 1. The number of ether oxygens (including phenoxy) is 3. The summed E-state index contributed by atoms with van der Waals surface area (Å²) >= 11 is 0. The van der Waals surface area contributed by atoms with Gasteiger partial charge in [-0.2, -0.15) is 4.98 Å². The van der Waals surface area contributed by atoms with Crippen molar-refractivity contribution in [3.05, 3.63) is 48.0 Å². The van der Waals surface area contributed by atoms with Crippen LogP contribution in [0.1, 0.15) is 31.2 Å². The number of nitrogens with two attached hydrogens (primary N) is 1. The molecular formula is C26H32ClN5O4. The molecule has 36 heavy (non-hydrogen) atoms. The van der Waals surface area contributed by atoms with Crippen molar-refractivity contribution in [2.75, 3.05) is 37.9 Å². The number of hydrogen-bond donors (Lipinski definition) is 1. The van der Waals surface area contributed by atoms with E-state index in [0.717, 1.165) is 36.6 Å². The van der Waals surface area contributed by atoms with Crippen molar-refractivity contribution in [1.29, 1.82) is 0 Å². The van der Waals surface area contributed by atoms with Crippen molar-refractivity contribution in [3.8, 4) is 11.5 Å². The lowest BCUT2D eigenvalue weighted by Gasteiger charge is -2.49. The van der Waals surface area contributed by atoms with E-state index in [-0.39, 0.29) is 37.2 Å². The summed E-state index contributed by atoms with van der Waals surface area (Å²) < 4.78 is 16.5. The Morgan fingerprint density at radius 2 is 1.69 bits per heavy atom. The molecule has 10 heteroatoms. The number of nitrogen functional groups attached to an aromatic ring is 1. The molecule has 3 aromatic rings. The Hall–Kier alpha value is -3.46. The molecule has 2 heterocycles. The zero-order valence-corrected chi connectivity index (χ0v) is 21.4. The van der Waals surface area contributed by atoms with Gasteiger partial charge >= 0.3 is 6.09 Å². The number of amides is 1. The minimum Gasteiger partial charge on any atom is -0.493 e. The Bertz CT molecular complexity index is 1210. The number of carbonyl (C=O) groups is 1. The van der Waals surface area contributed by atoms with Gasteiger partial charge in [0, 0.05) is 24.5 Å². The van der Waals surface area contributed by atoms with Crippen molar-refractivity contribution < 1.29 is 19.0 Å². The minimum absolute atomic E-state index is 0. The highest BCUT2D eigenvalue weighted by Crippen LogP contribution is 2.37. The van der Waals surface area contributed by atoms with Crippen LogP contribution in [0, 0.1) is 0 Å². The summed E-state index contributed by atoms with van der Waals surface area (Å²) in [5.74, 6) is 2.14. The highest BCUT2D eigenvalue weighted by atomic mass is 35.5. The predicted molar refractivity (Wildman–Crippen MR) is 141 cm³/mol. The normalized spacial score (nSPS) is 19.3. The molecule has 0 unspecified atom stereocenters. The Morgan fingerprint density at radius 1 is 1.00 bits per heavy atom. The van der Waals surface area contributed by atoms with Crippen molar-refractivity contribution in [2.24, 2.45) is 0 Å². The number of anilines is 2. The fourth-order valence-corrected chi connectivity index (χ4v) is 5.24. The van der Waals surface area contributed by atoms with E-state index in [2.05, 4.69) is 9.88 Å². The lowest BCUT2D eigenvalue weighted by Crippen LogP contribution is -2.62. The average molecular weight is 514 g/mol. The van der Waals surface area contributed by atoms with Crippen molar-refractivity contribution in [1.82, 2.24) is 14.9 Å². The van der Waals surface area contributed by atoms with Gasteiger partial charge in [0.1, 0.15) is 12.4 Å². The van der Waals surface area contributed by atoms with Crippen LogP contribution >= 0.6 is 12.4 Å². The summed E-state index contributed by atoms with van der Waals surface area (Å²) in [5.41, 5.74) is 8.03. The van der Waals surface area contributed by atoms with Crippen LogP contribution in [0.5, 0.6) is 11.5 Å². The number of nitrogens with zero attached hydrogens (tertiary/aromatic N) is 4. The van der Waals surface area contributed by atoms with E-state index >= 15 is 0 Å². The van der Waals surface area contributed by atoms with Gasteiger partial charge in [-0.1, -0.05) is 43.2 Å².